The van der Waals surface area contributed by atoms with E-state index in [2.05, 4.69) is 5.32 Å². The van der Waals surface area contributed by atoms with Crippen molar-refractivity contribution in [1.29, 1.82) is 0 Å². The van der Waals surface area contributed by atoms with Gasteiger partial charge in [0.15, 0.2) is 0 Å². The van der Waals surface area contributed by atoms with Gasteiger partial charge in [0.1, 0.15) is 18.3 Å². The molecule has 0 unspecified atom stereocenters. The molecule has 2 amide bonds. The van der Waals surface area contributed by atoms with Gasteiger partial charge in [-0.15, -0.1) is 0 Å². The lowest BCUT2D eigenvalue weighted by molar-refractivity contribution is -0.139. The molecule has 3 rings (SSSR count). The Morgan fingerprint density at radius 1 is 0.889 bits per heavy atom. The third kappa shape index (κ3) is 7.08. The van der Waals surface area contributed by atoms with Crippen molar-refractivity contribution in [2.24, 2.45) is 0 Å². The molecule has 0 aromatic heterocycles. The van der Waals surface area contributed by atoms with Crippen LogP contribution in [0.5, 0.6) is 5.75 Å². The van der Waals surface area contributed by atoms with Crippen LogP contribution < -0.4 is 14.4 Å². The largest absolute Gasteiger partial charge is 0.497 e. The maximum Gasteiger partial charge on any atom is 0.244 e. The highest BCUT2D eigenvalue weighted by molar-refractivity contribution is 7.92. The molecule has 8 nitrogen and oxygen atoms in total. The monoisotopic (exact) mass is 509 g/mol. The molecule has 0 bridgehead atoms. The van der Waals surface area contributed by atoms with Gasteiger partial charge in [0, 0.05) is 20.0 Å². The van der Waals surface area contributed by atoms with Crippen molar-refractivity contribution >= 4 is 27.5 Å². The molecule has 0 radical (unpaired) electrons. The zero-order valence-corrected chi connectivity index (χ0v) is 21.4. The Bertz CT molecular complexity index is 1250. The van der Waals surface area contributed by atoms with E-state index in [-0.39, 0.29) is 18.9 Å². The second-order valence-corrected chi connectivity index (χ2v) is 10.2. The van der Waals surface area contributed by atoms with Crippen LogP contribution in [0, 0.1) is 0 Å². The third-order valence-corrected chi connectivity index (χ3v) is 6.89. The average Bonchev–Trinajstić information content (AvgIpc) is 2.89. The molecule has 0 saturated heterocycles. The van der Waals surface area contributed by atoms with Crippen LogP contribution in [0.1, 0.15) is 11.1 Å². The number of carbonyl (C=O) groups is 2. The number of sulfonamides is 1. The van der Waals surface area contributed by atoms with Crippen LogP contribution in [0.15, 0.2) is 84.9 Å². The number of rotatable bonds is 11. The number of ether oxygens (including phenoxy) is 1. The summed E-state index contributed by atoms with van der Waals surface area (Å²) in [6, 6.07) is 24.3. The minimum atomic E-state index is -3.80. The molecule has 0 spiro atoms. The van der Waals surface area contributed by atoms with Gasteiger partial charge in [-0.05, 0) is 35.4 Å². The summed E-state index contributed by atoms with van der Waals surface area (Å²) in [5.74, 6) is -0.269. The molecular formula is C27H31N3O5S. The van der Waals surface area contributed by atoms with Crippen LogP contribution in [-0.2, 0) is 32.6 Å². The number of nitrogens with one attached hydrogen (secondary N) is 1. The molecule has 0 aliphatic carbocycles. The second kappa shape index (κ2) is 12.2. The van der Waals surface area contributed by atoms with E-state index in [4.69, 9.17) is 4.74 Å². The number of likely N-dealkylation sites (N-methyl/N-ethyl adjacent to an activating group) is 1. The minimum absolute atomic E-state index is 0.144. The fraction of sp³-hybridized carbons (Fsp3) is 0.259. The fourth-order valence-electron chi connectivity index (χ4n) is 3.86. The van der Waals surface area contributed by atoms with Crippen LogP contribution in [0.4, 0.5) is 5.69 Å². The Morgan fingerprint density at radius 2 is 1.44 bits per heavy atom. The first-order valence-electron chi connectivity index (χ1n) is 11.4. The molecule has 0 aliphatic rings. The van der Waals surface area contributed by atoms with E-state index < -0.39 is 28.5 Å². The van der Waals surface area contributed by atoms with Crippen molar-refractivity contribution in [3.8, 4) is 5.75 Å². The number of nitrogens with zero attached hydrogens (tertiary/aromatic N) is 2. The van der Waals surface area contributed by atoms with Crippen molar-refractivity contribution in [3.05, 3.63) is 96.1 Å². The Kier molecular flexibility index (Phi) is 9.08. The van der Waals surface area contributed by atoms with Gasteiger partial charge in [0.25, 0.3) is 0 Å². The predicted molar refractivity (Wildman–Crippen MR) is 140 cm³/mol. The van der Waals surface area contributed by atoms with E-state index in [1.165, 1.54) is 19.1 Å². The molecule has 3 aromatic rings. The quantitative estimate of drug-likeness (QED) is 0.429. The van der Waals surface area contributed by atoms with E-state index in [9.17, 15) is 18.0 Å². The Labute approximate surface area is 212 Å². The number of hydrogen-bond acceptors (Lipinski definition) is 5. The number of methoxy groups -OCH3 is 1. The smallest absolute Gasteiger partial charge is 0.244 e. The maximum absolute atomic E-state index is 13.8. The van der Waals surface area contributed by atoms with Crippen LogP contribution in [0.3, 0.4) is 0 Å². The van der Waals surface area contributed by atoms with Gasteiger partial charge in [-0.3, -0.25) is 13.9 Å². The molecule has 1 atom stereocenters. The lowest BCUT2D eigenvalue weighted by atomic mass is 10.0. The molecule has 9 heteroatoms. The standard InChI is InChI=1S/C27H31N3O5S/c1-28-27(32)25(18-21-10-6-4-7-11-21)29(19-22-12-8-5-9-13-22)26(31)20-30(36(3,33)34)23-14-16-24(35-2)17-15-23/h4-17,25H,18-20H2,1-3H3,(H,28,32)/t25-/m0/s1. The first-order chi connectivity index (χ1) is 17.2. The zero-order chi connectivity index (χ0) is 26.1. The predicted octanol–water partition coefficient (Wildman–Crippen LogP) is 2.85. The topological polar surface area (TPSA) is 96.0 Å². The fourth-order valence-corrected chi connectivity index (χ4v) is 4.71. The van der Waals surface area contributed by atoms with Gasteiger partial charge in [-0.25, -0.2) is 8.42 Å². The lowest BCUT2D eigenvalue weighted by Crippen LogP contribution is -2.52. The Hall–Kier alpha value is -3.85. The van der Waals surface area contributed by atoms with Gasteiger partial charge in [0.2, 0.25) is 21.8 Å². The number of anilines is 1. The highest BCUT2D eigenvalue weighted by Crippen LogP contribution is 2.23. The van der Waals surface area contributed by atoms with Crippen molar-refractivity contribution < 1.29 is 22.7 Å². The lowest BCUT2D eigenvalue weighted by Gasteiger charge is -2.33. The van der Waals surface area contributed by atoms with E-state index in [1.54, 1.807) is 24.3 Å². The SMILES string of the molecule is CNC(=O)[C@H](Cc1ccccc1)N(Cc1ccccc1)C(=O)CN(c1ccc(OC)cc1)S(C)(=O)=O. The minimum Gasteiger partial charge on any atom is -0.497 e. The molecule has 190 valence electrons. The summed E-state index contributed by atoms with van der Waals surface area (Å²) in [6.07, 6.45) is 1.33. The van der Waals surface area contributed by atoms with E-state index in [0.29, 0.717) is 11.4 Å². The number of amides is 2. The molecule has 36 heavy (non-hydrogen) atoms. The highest BCUT2D eigenvalue weighted by atomic mass is 32.2. The second-order valence-electron chi connectivity index (χ2n) is 8.29. The number of hydrogen-bond donors (Lipinski definition) is 1. The summed E-state index contributed by atoms with van der Waals surface area (Å²) in [6.45, 7) is -0.314. The Balaban J connectivity index is 1.99. The molecule has 0 fully saturated rings. The maximum atomic E-state index is 13.8. The van der Waals surface area contributed by atoms with Crippen LogP contribution in [0.2, 0.25) is 0 Å². The summed E-state index contributed by atoms with van der Waals surface area (Å²) in [7, 11) is -0.772. The van der Waals surface area contributed by atoms with Crippen molar-refractivity contribution in [2.75, 3.05) is 31.3 Å². The first kappa shape index (κ1) is 26.7. The van der Waals surface area contributed by atoms with Gasteiger partial charge >= 0.3 is 0 Å². The van der Waals surface area contributed by atoms with Gasteiger partial charge in [-0.1, -0.05) is 60.7 Å². The molecule has 0 heterocycles. The van der Waals surface area contributed by atoms with Crippen LogP contribution >= 0.6 is 0 Å². The number of benzene rings is 3. The van der Waals surface area contributed by atoms with Crippen molar-refractivity contribution in [3.63, 3.8) is 0 Å². The Morgan fingerprint density at radius 3 is 1.94 bits per heavy atom. The average molecular weight is 510 g/mol. The normalized spacial score (nSPS) is 11.9. The molecular weight excluding hydrogens is 478 g/mol. The molecule has 1 N–H and O–H groups in total. The van der Waals surface area contributed by atoms with Gasteiger partial charge < -0.3 is 15.0 Å². The van der Waals surface area contributed by atoms with Crippen LogP contribution in [0.25, 0.3) is 0 Å². The van der Waals surface area contributed by atoms with Gasteiger partial charge in [0.05, 0.1) is 19.1 Å². The van der Waals surface area contributed by atoms with E-state index in [1.807, 2.05) is 60.7 Å². The zero-order valence-electron chi connectivity index (χ0n) is 20.6. The summed E-state index contributed by atoms with van der Waals surface area (Å²) in [5.41, 5.74) is 2.03. The summed E-state index contributed by atoms with van der Waals surface area (Å²) in [4.78, 5) is 28.2. The third-order valence-electron chi connectivity index (χ3n) is 5.75. The molecule has 3 aromatic carbocycles. The van der Waals surface area contributed by atoms with Crippen molar-refractivity contribution in [2.45, 2.75) is 19.0 Å². The summed E-state index contributed by atoms with van der Waals surface area (Å²) < 4.78 is 31.6. The number of carbonyl (C=O) groups excluding carboxylic acids is 2. The molecule has 0 saturated carbocycles. The van der Waals surface area contributed by atoms with Gasteiger partial charge in [-0.2, -0.15) is 0 Å². The van der Waals surface area contributed by atoms with E-state index >= 15 is 0 Å². The van der Waals surface area contributed by atoms with Crippen LogP contribution in [-0.4, -0.2) is 58.1 Å². The summed E-state index contributed by atoms with van der Waals surface area (Å²) in [5, 5.41) is 2.66. The first-order valence-corrected chi connectivity index (χ1v) is 13.3. The highest BCUT2D eigenvalue weighted by Gasteiger charge is 2.32. The van der Waals surface area contributed by atoms with Crippen molar-refractivity contribution in [1.82, 2.24) is 10.2 Å². The molecule has 0 aliphatic heterocycles. The summed E-state index contributed by atoms with van der Waals surface area (Å²) >= 11 is 0. The van der Waals surface area contributed by atoms with E-state index in [0.717, 1.165) is 21.7 Å².